The predicted octanol–water partition coefficient (Wildman–Crippen LogP) is 11.8. The molecule has 0 N–H and O–H groups in total. The standard InChI is InChI=1S/C44H28N2/c1-2-12-32(13-3-1)40-28-41(33-22-18-30(19-23-33)35-24-20-29-10-4-5-14-34(29)26-35)46-44(45-40)43-39-17-9-7-15-36(39)27-37-25-21-31-11-6-8-16-38(31)42(37)43/h1-28H. The van der Waals surface area contributed by atoms with Gasteiger partial charge in [0.25, 0.3) is 0 Å². The number of nitrogens with zero attached hydrogens (tertiary/aromatic N) is 2. The van der Waals surface area contributed by atoms with Crippen LogP contribution in [-0.2, 0) is 0 Å². The van der Waals surface area contributed by atoms with Crippen LogP contribution in [0.15, 0.2) is 170 Å². The van der Waals surface area contributed by atoms with Gasteiger partial charge in [-0.05, 0) is 67.0 Å². The Morgan fingerprint density at radius 1 is 0.304 bits per heavy atom. The molecule has 1 heterocycles. The Hall–Kier alpha value is -6.12. The normalized spacial score (nSPS) is 11.5. The van der Waals surface area contributed by atoms with Gasteiger partial charge in [0.1, 0.15) is 0 Å². The number of benzene rings is 8. The van der Waals surface area contributed by atoms with E-state index in [0.29, 0.717) is 0 Å². The average Bonchev–Trinajstić information content (AvgIpc) is 3.14. The van der Waals surface area contributed by atoms with E-state index in [9.17, 15) is 0 Å². The quantitative estimate of drug-likeness (QED) is 0.152. The van der Waals surface area contributed by atoms with Crippen LogP contribution in [-0.4, -0.2) is 9.97 Å². The lowest BCUT2D eigenvalue weighted by Gasteiger charge is -2.15. The van der Waals surface area contributed by atoms with Gasteiger partial charge in [-0.15, -0.1) is 0 Å². The summed E-state index contributed by atoms with van der Waals surface area (Å²) in [4.78, 5) is 10.6. The Labute approximate surface area is 267 Å². The van der Waals surface area contributed by atoms with Crippen LogP contribution < -0.4 is 0 Å². The van der Waals surface area contributed by atoms with Crippen LogP contribution in [0, 0.1) is 0 Å². The van der Waals surface area contributed by atoms with Crippen LogP contribution in [0.25, 0.3) is 88.1 Å². The highest BCUT2D eigenvalue weighted by atomic mass is 14.9. The molecule has 0 aliphatic carbocycles. The summed E-state index contributed by atoms with van der Waals surface area (Å²) in [7, 11) is 0. The van der Waals surface area contributed by atoms with Gasteiger partial charge in [0, 0.05) is 22.1 Å². The number of hydrogen-bond acceptors (Lipinski definition) is 2. The largest absolute Gasteiger partial charge is 0.228 e. The highest BCUT2D eigenvalue weighted by molar-refractivity contribution is 6.21. The third kappa shape index (κ3) is 4.51. The van der Waals surface area contributed by atoms with Crippen molar-refractivity contribution in [3.8, 4) is 45.0 Å². The van der Waals surface area contributed by atoms with Gasteiger partial charge in [0.05, 0.1) is 11.4 Å². The Bertz CT molecular complexity index is 2570. The van der Waals surface area contributed by atoms with Crippen LogP contribution in [0.3, 0.4) is 0 Å². The lowest BCUT2D eigenvalue weighted by Crippen LogP contribution is -1.98. The Morgan fingerprint density at radius 2 is 0.848 bits per heavy atom. The zero-order valence-corrected chi connectivity index (χ0v) is 25.1. The number of fused-ring (bicyclic) bond motifs is 5. The Morgan fingerprint density at radius 3 is 1.63 bits per heavy atom. The molecule has 0 radical (unpaired) electrons. The maximum atomic E-state index is 5.34. The molecule has 9 aromatic rings. The maximum absolute atomic E-state index is 5.34. The van der Waals surface area contributed by atoms with Gasteiger partial charge in [-0.1, -0.05) is 152 Å². The summed E-state index contributed by atoms with van der Waals surface area (Å²) in [6, 6.07) is 60.4. The summed E-state index contributed by atoms with van der Waals surface area (Å²) >= 11 is 0. The van der Waals surface area contributed by atoms with E-state index < -0.39 is 0 Å². The number of aromatic nitrogens is 2. The fourth-order valence-electron chi connectivity index (χ4n) is 6.74. The zero-order chi connectivity index (χ0) is 30.5. The SMILES string of the molecule is c1ccc(-c2cc(-c3ccc(-c4ccc5ccccc5c4)cc3)nc(-c3c4ccccc4cc4ccc5ccccc5c34)n2)cc1. The fourth-order valence-corrected chi connectivity index (χ4v) is 6.74. The van der Waals surface area contributed by atoms with E-state index in [1.807, 2.05) is 6.07 Å². The third-order valence-electron chi connectivity index (χ3n) is 9.04. The van der Waals surface area contributed by atoms with Crippen LogP contribution in [0.1, 0.15) is 0 Å². The van der Waals surface area contributed by atoms with E-state index in [-0.39, 0.29) is 0 Å². The van der Waals surface area contributed by atoms with E-state index >= 15 is 0 Å². The lowest BCUT2D eigenvalue weighted by atomic mass is 9.92. The minimum Gasteiger partial charge on any atom is -0.228 e. The molecule has 1 aromatic heterocycles. The average molecular weight is 585 g/mol. The molecule has 0 saturated carbocycles. The molecular weight excluding hydrogens is 556 g/mol. The van der Waals surface area contributed by atoms with E-state index in [2.05, 4.69) is 164 Å². The van der Waals surface area contributed by atoms with Crippen LogP contribution >= 0.6 is 0 Å². The van der Waals surface area contributed by atoms with Crippen LogP contribution in [0.5, 0.6) is 0 Å². The van der Waals surface area contributed by atoms with Crippen molar-refractivity contribution in [1.29, 1.82) is 0 Å². The molecule has 9 rings (SSSR count). The van der Waals surface area contributed by atoms with Gasteiger partial charge in [0.15, 0.2) is 5.82 Å². The molecule has 0 fully saturated rings. The molecule has 0 bridgehead atoms. The van der Waals surface area contributed by atoms with E-state index in [0.717, 1.165) is 39.3 Å². The molecule has 0 saturated heterocycles. The summed E-state index contributed by atoms with van der Waals surface area (Å²) in [5, 5.41) is 9.59. The van der Waals surface area contributed by atoms with E-state index in [1.165, 1.54) is 48.8 Å². The summed E-state index contributed by atoms with van der Waals surface area (Å²) in [6.07, 6.45) is 0. The molecule has 0 unspecified atom stereocenters. The van der Waals surface area contributed by atoms with Crippen molar-refractivity contribution in [3.05, 3.63) is 170 Å². The minimum atomic E-state index is 0.730. The van der Waals surface area contributed by atoms with Crippen molar-refractivity contribution in [2.45, 2.75) is 0 Å². The van der Waals surface area contributed by atoms with Gasteiger partial charge in [-0.2, -0.15) is 0 Å². The molecule has 0 spiro atoms. The molecule has 0 aliphatic heterocycles. The molecule has 2 nitrogen and oxygen atoms in total. The first-order valence-corrected chi connectivity index (χ1v) is 15.7. The summed E-state index contributed by atoms with van der Waals surface area (Å²) in [6.45, 7) is 0. The van der Waals surface area contributed by atoms with Gasteiger partial charge in [0.2, 0.25) is 0 Å². The van der Waals surface area contributed by atoms with Crippen molar-refractivity contribution in [2.24, 2.45) is 0 Å². The summed E-state index contributed by atoms with van der Waals surface area (Å²) in [5.41, 5.74) is 7.37. The monoisotopic (exact) mass is 584 g/mol. The van der Waals surface area contributed by atoms with Gasteiger partial charge in [-0.25, -0.2) is 9.97 Å². The molecule has 2 heteroatoms. The van der Waals surface area contributed by atoms with Gasteiger partial charge >= 0.3 is 0 Å². The zero-order valence-electron chi connectivity index (χ0n) is 25.1. The topological polar surface area (TPSA) is 25.8 Å². The van der Waals surface area contributed by atoms with Crippen molar-refractivity contribution < 1.29 is 0 Å². The highest BCUT2D eigenvalue weighted by Crippen LogP contribution is 2.40. The Balaban J connectivity index is 1.27. The number of hydrogen-bond donors (Lipinski definition) is 0. The first-order valence-electron chi connectivity index (χ1n) is 15.7. The maximum Gasteiger partial charge on any atom is 0.161 e. The molecular formula is C44H28N2. The van der Waals surface area contributed by atoms with Gasteiger partial charge in [-0.3, -0.25) is 0 Å². The third-order valence-corrected chi connectivity index (χ3v) is 9.04. The predicted molar refractivity (Wildman–Crippen MR) is 194 cm³/mol. The second-order valence-electron chi connectivity index (χ2n) is 11.8. The van der Waals surface area contributed by atoms with Crippen LogP contribution in [0.4, 0.5) is 0 Å². The van der Waals surface area contributed by atoms with Crippen molar-refractivity contribution in [3.63, 3.8) is 0 Å². The first kappa shape index (κ1) is 26.3. The molecule has 0 aliphatic rings. The molecule has 8 aromatic carbocycles. The Kier molecular flexibility index (Phi) is 6.17. The van der Waals surface area contributed by atoms with Crippen molar-refractivity contribution in [1.82, 2.24) is 9.97 Å². The first-order chi connectivity index (χ1) is 22.8. The smallest absolute Gasteiger partial charge is 0.161 e. The van der Waals surface area contributed by atoms with Crippen LogP contribution in [0.2, 0.25) is 0 Å². The van der Waals surface area contributed by atoms with Crippen molar-refractivity contribution in [2.75, 3.05) is 0 Å². The molecule has 46 heavy (non-hydrogen) atoms. The molecule has 214 valence electrons. The lowest BCUT2D eigenvalue weighted by molar-refractivity contribution is 1.19. The summed E-state index contributed by atoms with van der Waals surface area (Å²) in [5.74, 6) is 0.730. The summed E-state index contributed by atoms with van der Waals surface area (Å²) < 4.78 is 0. The second-order valence-corrected chi connectivity index (χ2v) is 11.8. The van der Waals surface area contributed by atoms with Crippen molar-refractivity contribution >= 4 is 43.1 Å². The number of rotatable bonds is 4. The fraction of sp³-hybridized carbons (Fsp3) is 0. The van der Waals surface area contributed by atoms with Gasteiger partial charge < -0.3 is 0 Å². The second kappa shape index (κ2) is 10.8. The highest BCUT2D eigenvalue weighted by Gasteiger charge is 2.18. The minimum absolute atomic E-state index is 0.730. The van der Waals surface area contributed by atoms with E-state index in [1.54, 1.807) is 0 Å². The molecule has 0 amide bonds. The molecule has 0 atom stereocenters. The van der Waals surface area contributed by atoms with E-state index in [4.69, 9.17) is 9.97 Å².